The third-order valence-corrected chi connectivity index (χ3v) is 3.35. The smallest absolute Gasteiger partial charge is 0.344 e. The number of hydrogen-bond donors (Lipinski definition) is 1. The Kier molecular flexibility index (Phi) is 6.30. The van der Waals surface area contributed by atoms with Gasteiger partial charge in [0.2, 0.25) is 0 Å². The van der Waals surface area contributed by atoms with Crippen molar-refractivity contribution in [3.8, 4) is 5.75 Å². The minimum Gasteiger partial charge on any atom is -0.482 e. The van der Waals surface area contributed by atoms with Crippen LogP contribution >= 0.6 is 11.6 Å². The zero-order valence-electron chi connectivity index (χ0n) is 13.1. The third-order valence-electron chi connectivity index (χ3n) is 3.04. The number of hydrogen-bond acceptors (Lipinski definition) is 4. The fourth-order valence-electron chi connectivity index (χ4n) is 1.78. The van der Waals surface area contributed by atoms with Gasteiger partial charge in [-0.25, -0.2) is 13.6 Å². The Labute approximate surface area is 147 Å². The minimum atomic E-state index is -1.12. The fraction of sp³-hybridized carbons (Fsp3) is 0.176. The Morgan fingerprint density at radius 1 is 1.12 bits per heavy atom. The average Bonchev–Trinajstić information content (AvgIpc) is 2.56. The Morgan fingerprint density at radius 3 is 2.40 bits per heavy atom. The standard InChI is InChI=1S/C17H14ClF2NO4/c1-10(17(23)21-15-7-4-12(20)8-14(15)18)25-16(22)9-24-13-5-2-11(19)3-6-13/h2-8,10H,9H2,1H3,(H,21,23)/t10-/m1/s1. The SMILES string of the molecule is C[C@@H](OC(=O)COc1ccc(F)cc1)C(=O)Nc1ccc(F)cc1Cl. The van der Waals surface area contributed by atoms with Gasteiger partial charge < -0.3 is 14.8 Å². The highest BCUT2D eigenvalue weighted by Gasteiger charge is 2.19. The molecular weight excluding hydrogens is 356 g/mol. The molecule has 0 radical (unpaired) electrons. The van der Waals surface area contributed by atoms with Gasteiger partial charge in [0, 0.05) is 0 Å². The van der Waals surface area contributed by atoms with Crippen LogP contribution in [-0.2, 0) is 14.3 Å². The van der Waals surface area contributed by atoms with E-state index in [2.05, 4.69) is 5.32 Å². The molecule has 0 bridgehead atoms. The van der Waals surface area contributed by atoms with E-state index in [1.807, 2.05) is 0 Å². The molecule has 0 saturated carbocycles. The number of carbonyl (C=O) groups is 2. The summed E-state index contributed by atoms with van der Waals surface area (Å²) in [7, 11) is 0. The van der Waals surface area contributed by atoms with E-state index in [4.69, 9.17) is 21.1 Å². The van der Waals surface area contributed by atoms with Crippen molar-refractivity contribution in [1.29, 1.82) is 0 Å². The monoisotopic (exact) mass is 369 g/mol. The van der Waals surface area contributed by atoms with E-state index in [0.717, 1.165) is 12.1 Å². The Balaban J connectivity index is 1.83. The van der Waals surface area contributed by atoms with Crippen LogP contribution < -0.4 is 10.1 Å². The Hall–Kier alpha value is -2.67. The summed E-state index contributed by atoms with van der Waals surface area (Å²) in [6, 6.07) is 8.55. The van der Waals surface area contributed by atoms with Crippen LogP contribution in [0.1, 0.15) is 6.92 Å². The van der Waals surface area contributed by atoms with E-state index in [1.54, 1.807) is 0 Å². The molecule has 0 aromatic heterocycles. The molecule has 0 aliphatic heterocycles. The van der Waals surface area contributed by atoms with Gasteiger partial charge in [0.25, 0.3) is 5.91 Å². The zero-order valence-corrected chi connectivity index (χ0v) is 13.8. The lowest BCUT2D eigenvalue weighted by Gasteiger charge is -2.14. The van der Waals surface area contributed by atoms with E-state index in [9.17, 15) is 18.4 Å². The molecule has 1 atom stereocenters. The summed E-state index contributed by atoms with van der Waals surface area (Å²) in [4.78, 5) is 23.7. The molecule has 2 aromatic carbocycles. The minimum absolute atomic E-state index is 0.0199. The number of nitrogens with one attached hydrogen (secondary N) is 1. The van der Waals surface area contributed by atoms with Crippen LogP contribution in [0, 0.1) is 11.6 Å². The first-order valence-electron chi connectivity index (χ1n) is 7.19. The van der Waals surface area contributed by atoms with Gasteiger partial charge in [-0.3, -0.25) is 4.79 Å². The second-order valence-corrected chi connectivity index (χ2v) is 5.40. The number of benzene rings is 2. The van der Waals surface area contributed by atoms with Crippen LogP contribution in [0.4, 0.5) is 14.5 Å². The summed E-state index contributed by atoms with van der Waals surface area (Å²) in [6.07, 6.45) is -1.12. The fourth-order valence-corrected chi connectivity index (χ4v) is 2.00. The van der Waals surface area contributed by atoms with E-state index >= 15 is 0 Å². The number of carbonyl (C=O) groups excluding carboxylic acids is 2. The van der Waals surface area contributed by atoms with Crippen molar-refractivity contribution in [3.63, 3.8) is 0 Å². The van der Waals surface area contributed by atoms with Gasteiger partial charge in [-0.2, -0.15) is 0 Å². The van der Waals surface area contributed by atoms with Crippen molar-refractivity contribution >= 4 is 29.2 Å². The van der Waals surface area contributed by atoms with E-state index in [0.29, 0.717) is 0 Å². The lowest BCUT2D eigenvalue weighted by Crippen LogP contribution is -2.31. The highest BCUT2D eigenvalue weighted by Crippen LogP contribution is 2.22. The lowest BCUT2D eigenvalue weighted by molar-refractivity contribution is -0.155. The summed E-state index contributed by atoms with van der Waals surface area (Å²) in [6.45, 7) is 0.920. The molecule has 0 unspecified atom stereocenters. The maximum atomic E-state index is 13.0. The molecule has 2 rings (SSSR count). The van der Waals surface area contributed by atoms with E-state index in [1.165, 1.54) is 37.3 Å². The van der Waals surface area contributed by atoms with Gasteiger partial charge in [-0.15, -0.1) is 0 Å². The largest absolute Gasteiger partial charge is 0.482 e. The highest BCUT2D eigenvalue weighted by molar-refractivity contribution is 6.33. The summed E-state index contributed by atoms with van der Waals surface area (Å²) < 4.78 is 35.8. The molecule has 0 saturated heterocycles. The Morgan fingerprint density at radius 2 is 1.76 bits per heavy atom. The normalized spacial score (nSPS) is 11.5. The molecule has 1 N–H and O–H groups in total. The lowest BCUT2D eigenvalue weighted by atomic mass is 10.3. The van der Waals surface area contributed by atoms with Crippen molar-refractivity contribution in [3.05, 3.63) is 59.1 Å². The molecule has 0 aliphatic carbocycles. The quantitative estimate of drug-likeness (QED) is 0.791. The van der Waals surface area contributed by atoms with Crippen LogP contribution in [0.5, 0.6) is 5.75 Å². The average molecular weight is 370 g/mol. The van der Waals surface area contributed by atoms with Crippen molar-refractivity contribution in [2.45, 2.75) is 13.0 Å². The predicted molar refractivity (Wildman–Crippen MR) is 87.5 cm³/mol. The van der Waals surface area contributed by atoms with Gasteiger partial charge in [0.05, 0.1) is 10.7 Å². The highest BCUT2D eigenvalue weighted by atomic mass is 35.5. The maximum Gasteiger partial charge on any atom is 0.344 e. The Bertz CT molecular complexity index is 768. The van der Waals surface area contributed by atoms with Crippen molar-refractivity contribution < 1.29 is 27.8 Å². The molecule has 0 fully saturated rings. The van der Waals surface area contributed by atoms with Gasteiger partial charge in [0.15, 0.2) is 12.7 Å². The van der Waals surface area contributed by atoms with Gasteiger partial charge >= 0.3 is 5.97 Å². The topological polar surface area (TPSA) is 64.6 Å². The first-order valence-corrected chi connectivity index (χ1v) is 7.56. The molecule has 0 aliphatic rings. The van der Waals surface area contributed by atoms with Crippen LogP contribution in [0.25, 0.3) is 0 Å². The first kappa shape index (κ1) is 18.7. The molecule has 5 nitrogen and oxygen atoms in total. The van der Waals surface area contributed by atoms with Gasteiger partial charge in [-0.05, 0) is 49.4 Å². The summed E-state index contributed by atoms with van der Waals surface area (Å²) in [5.74, 6) is -2.10. The van der Waals surface area contributed by atoms with Crippen molar-refractivity contribution in [1.82, 2.24) is 0 Å². The van der Waals surface area contributed by atoms with Crippen LogP contribution in [0.3, 0.4) is 0 Å². The van der Waals surface area contributed by atoms with E-state index in [-0.39, 0.29) is 16.5 Å². The molecule has 1 amide bonds. The predicted octanol–water partition coefficient (Wildman–Crippen LogP) is 3.57. The molecule has 0 spiro atoms. The number of esters is 1. The molecule has 25 heavy (non-hydrogen) atoms. The van der Waals surface area contributed by atoms with Gasteiger partial charge in [-0.1, -0.05) is 11.6 Å². The van der Waals surface area contributed by atoms with Gasteiger partial charge in [0.1, 0.15) is 17.4 Å². The molecule has 0 heterocycles. The number of ether oxygens (including phenoxy) is 2. The molecular formula is C17H14ClF2NO4. The number of halogens is 3. The van der Waals surface area contributed by atoms with E-state index < -0.39 is 36.2 Å². The molecule has 132 valence electrons. The molecule has 8 heteroatoms. The second-order valence-electron chi connectivity index (χ2n) is 4.99. The van der Waals surface area contributed by atoms with Crippen LogP contribution in [0.15, 0.2) is 42.5 Å². The molecule has 2 aromatic rings. The number of amides is 1. The first-order chi connectivity index (χ1) is 11.8. The number of anilines is 1. The third kappa shape index (κ3) is 5.72. The zero-order chi connectivity index (χ0) is 18.4. The van der Waals surface area contributed by atoms with Crippen LogP contribution in [0.2, 0.25) is 5.02 Å². The summed E-state index contributed by atoms with van der Waals surface area (Å²) in [5.41, 5.74) is 0.193. The van der Waals surface area contributed by atoms with Crippen molar-refractivity contribution in [2.24, 2.45) is 0 Å². The maximum absolute atomic E-state index is 13.0. The van der Waals surface area contributed by atoms with Crippen molar-refractivity contribution in [2.75, 3.05) is 11.9 Å². The second kappa shape index (κ2) is 8.43. The summed E-state index contributed by atoms with van der Waals surface area (Å²) >= 11 is 5.80. The summed E-state index contributed by atoms with van der Waals surface area (Å²) in [5, 5.41) is 2.45. The number of rotatable bonds is 6. The van der Waals surface area contributed by atoms with Crippen LogP contribution in [-0.4, -0.2) is 24.6 Å².